The van der Waals surface area contributed by atoms with Crippen LogP contribution in [0.4, 0.5) is 14.5 Å². The van der Waals surface area contributed by atoms with Gasteiger partial charge in [0, 0.05) is 12.4 Å². The molecule has 1 aliphatic rings. The molecule has 1 N–H and O–H groups in total. The molecule has 0 spiro atoms. The molecule has 1 aromatic carbocycles. The standard InChI is InChI=1S/C16H21F2N3O.C4H10.CH2O2/c1-11(20-19-2)21(10-16(17)18)14-8-9-15(22-3)13-7-5-4-6-12(13)14;1-3-4-2;2-1-3/h8-9,16H,2,4-7,10H2,1,3H3;3-4H2,1-2H3;1H,(H,2,3)/b20-11-;;. The minimum atomic E-state index is -2.46. The number of benzene rings is 1. The highest BCUT2D eigenvalue weighted by Crippen LogP contribution is 2.36. The molecule has 0 bridgehead atoms. The summed E-state index contributed by atoms with van der Waals surface area (Å²) in [5.41, 5.74) is 2.95. The quantitative estimate of drug-likeness (QED) is 0.302. The van der Waals surface area contributed by atoms with E-state index < -0.39 is 13.0 Å². The lowest BCUT2D eigenvalue weighted by atomic mass is 9.89. The van der Waals surface area contributed by atoms with Crippen molar-refractivity contribution in [3.8, 4) is 5.75 Å². The Morgan fingerprint density at radius 2 is 1.83 bits per heavy atom. The van der Waals surface area contributed by atoms with Crippen LogP contribution in [-0.4, -0.2) is 44.2 Å². The first-order valence-electron chi connectivity index (χ1n) is 9.74. The molecule has 2 rings (SSSR count). The van der Waals surface area contributed by atoms with Gasteiger partial charge in [-0.1, -0.05) is 26.7 Å². The van der Waals surface area contributed by atoms with Gasteiger partial charge in [0.1, 0.15) is 11.6 Å². The molecule has 6 nitrogen and oxygen atoms in total. The summed E-state index contributed by atoms with van der Waals surface area (Å²) < 4.78 is 31.4. The van der Waals surface area contributed by atoms with E-state index in [1.54, 1.807) is 14.0 Å². The van der Waals surface area contributed by atoms with Crippen molar-refractivity contribution in [3.05, 3.63) is 23.3 Å². The smallest absolute Gasteiger partial charge is 0.290 e. The van der Waals surface area contributed by atoms with Crippen molar-refractivity contribution in [3.63, 3.8) is 0 Å². The maximum atomic E-state index is 13.0. The van der Waals surface area contributed by atoms with Gasteiger partial charge in [0.15, 0.2) is 0 Å². The molecule has 0 unspecified atom stereocenters. The molecule has 1 aliphatic carbocycles. The lowest BCUT2D eigenvalue weighted by molar-refractivity contribution is -0.122. The predicted octanol–water partition coefficient (Wildman–Crippen LogP) is 5.19. The molecule has 0 heterocycles. The molecule has 164 valence electrons. The second-order valence-electron chi connectivity index (χ2n) is 6.35. The number of hydrogen-bond acceptors (Lipinski definition) is 4. The number of hydrogen-bond donors (Lipinski definition) is 1. The minimum Gasteiger partial charge on any atom is -0.496 e. The number of amidine groups is 1. The molecule has 0 fully saturated rings. The van der Waals surface area contributed by atoms with E-state index in [4.69, 9.17) is 14.6 Å². The average Bonchev–Trinajstić information content (AvgIpc) is 2.72. The Balaban J connectivity index is 0.000000975. The van der Waals surface area contributed by atoms with Crippen molar-refractivity contribution in [1.29, 1.82) is 0 Å². The Labute approximate surface area is 172 Å². The lowest BCUT2D eigenvalue weighted by Crippen LogP contribution is -2.34. The van der Waals surface area contributed by atoms with Crippen LogP contribution in [0.1, 0.15) is 57.6 Å². The largest absolute Gasteiger partial charge is 0.496 e. The van der Waals surface area contributed by atoms with E-state index in [-0.39, 0.29) is 6.47 Å². The molecule has 0 amide bonds. The van der Waals surface area contributed by atoms with E-state index in [0.29, 0.717) is 5.84 Å². The Morgan fingerprint density at radius 3 is 2.28 bits per heavy atom. The van der Waals surface area contributed by atoms with Crippen LogP contribution in [0.25, 0.3) is 0 Å². The monoisotopic (exact) mass is 413 g/mol. The summed E-state index contributed by atoms with van der Waals surface area (Å²) in [5.74, 6) is 1.24. The highest BCUT2D eigenvalue weighted by molar-refractivity contribution is 5.97. The maximum Gasteiger partial charge on any atom is 0.290 e. The van der Waals surface area contributed by atoms with Gasteiger partial charge in [0.2, 0.25) is 0 Å². The van der Waals surface area contributed by atoms with Crippen LogP contribution in [0.15, 0.2) is 22.3 Å². The molecule has 1 aromatic rings. The fraction of sp³-hybridized carbons (Fsp3) is 0.571. The van der Waals surface area contributed by atoms with Crippen molar-refractivity contribution >= 4 is 24.7 Å². The second-order valence-corrected chi connectivity index (χ2v) is 6.35. The summed E-state index contributed by atoms with van der Waals surface area (Å²) in [6.07, 6.45) is 4.08. The average molecular weight is 414 g/mol. The van der Waals surface area contributed by atoms with Crippen molar-refractivity contribution in [2.24, 2.45) is 10.2 Å². The van der Waals surface area contributed by atoms with Crippen LogP contribution in [0.5, 0.6) is 5.75 Å². The summed E-state index contributed by atoms with van der Waals surface area (Å²) in [7, 11) is 1.63. The van der Waals surface area contributed by atoms with E-state index in [1.165, 1.54) is 17.7 Å². The molecular formula is C21H33F2N3O3. The fourth-order valence-electron chi connectivity index (χ4n) is 2.96. The number of halogens is 2. The number of alkyl halides is 2. The zero-order valence-corrected chi connectivity index (χ0v) is 17.8. The Kier molecular flexibility index (Phi) is 14.1. The zero-order chi connectivity index (χ0) is 22.2. The number of ether oxygens (including phenoxy) is 1. The first-order valence-corrected chi connectivity index (χ1v) is 9.74. The summed E-state index contributed by atoms with van der Waals surface area (Å²) in [5, 5.41) is 14.2. The molecule has 0 radical (unpaired) electrons. The van der Waals surface area contributed by atoms with E-state index >= 15 is 0 Å². The van der Waals surface area contributed by atoms with Crippen LogP contribution in [0.2, 0.25) is 0 Å². The number of fused-ring (bicyclic) bond motifs is 1. The van der Waals surface area contributed by atoms with Crippen LogP contribution in [-0.2, 0) is 17.6 Å². The third-order valence-electron chi connectivity index (χ3n) is 4.40. The van der Waals surface area contributed by atoms with Gasteiger partial charge in [-0.05, 0) is 55.9 Å². The first-order chi connectivity index (χ1) is 13.9. The number of carboxylic acid groups (broad SMARTS) is 1. The molecule has 0 saturated carbocycles. The zero-order valence-electron chi connectivity index (χ0n) is 17.8. The summed E-state index contributed by atoms with van der Waals surface area (Å²) in [6, 6.07) is 3.67. The molecule has 8 heteroatoms. The molecule has 0 aromatic heterocycles. The van der Waals surface area contributed by atoms with Crippen LogP contribution < -0.4 is 9.64 Å². The fourth-order valence-corrected chi connectivity index (χ4v) is 2.96. The number of anilines is 1. The lowest BCUT2D eigenvalue weighted by Gasteiger charge is -2.29. The molecular weight excluding hydrogens is 380 g/mol. The van der Waals surface area contributed by atoms with Gasteiger partial charge in [0.05, 0.1) is 13.7 Å². The van der Waals surface area contributed by atoms with Crippen LogP contribution >= 0.6 is 0 Å². The van der Waals surface area contributed by atoms with Gasteiger partial charge in [0.25, 0.3) is 12.9 Å². The Morgan fingerprint density at radius 1 is 1.28 bits per heavy atom. The maximum absolute atomic E-state index is 13.0. The van der Waals surface area contributed by atoms with E-state index in [0.717, 1.165) is 48.2 Å². The first kappa shape index (κ1) is 26.5. The second kappa shape index (κ2) is 15.4. The SMILES string of the molecule is C=N/N=C(/C)N(CC(F)F)c1ccc(OC)c2c1CCCC2.CCCC.O=CO. The van der Waals surface area contributed by atoms with E-state index in [9.17, 15) is 8.78 Å². The third kappa shape index (κ3) is 9.02. The van der Waals surface area contributed by atoms with Gasteiger partial charge in [-0.3, -0.25) is 4.79 Å². The third-order valence-corrected chi connectivity index (χ3v) is 4.40. The van der Waals surface area contributed by atoms with Crippen molar-refractivity contribution in [2.75, 3.05) is 18.6 Å². The molecule has 29 heavy (non-hydrogen) atoms. The molecule has 0 atom stereocenters. The van der Waals surface area contributed by atoms with Crippen molar-refractivity contribution < 1.29 is 23.4 Å². The number of carbonyl (C=O) groups is 1. The van der Waals surface area contributed by atoms with Crippen LogP contribution in [0, 0.1) is 0 Å². The number of nitrogens with zero attached hydrogens (tertiary/aromatic N) is 3. The van der Waals surface area contributed by atoms with Gasteiger partial charge >= 0.3 is 0 Å². The number of unbranched alkanes of at least 4 members (excludes halogenated alkanes) is 1. The Hall–Kier alpha value is -2.51. The van der Waals surface area contributed by atoms with E-state index in [1.807, 2.05) is 12.1 Å². The highest BCUT2D eigenvalue weighted by atomic mass is 19.3. The van der Waals surface area contributed by atoms with E-state index in [2.05, 4.69) is 30.8 Å². The van der Waals surface area contributed by atoms with Gasteiger partial charge in [-0.25, -0.2) is 8.78 Å². The van der Waals surface area contributed by atoms with Crippen LogP contribution in [0.3, 0.4) is 0 Å². The minimum absolute atomic E-state index is 0.250. The highest BCUT2D eigenvalue weighted by Gasteiger charge is 2.24. The molecule has 0 saturated heterocycles. The topological polar surface area (TPSA) is 74.5 Å². The number of rotatable bonds is 6. The summed E-state index contributed by atoms with van der Waals surface area (Å²) in [6.45, 7) is 8.66. The van der Waals surface area contributed by atoms with Crippen molar-refractivity contribution in [2.45, 2.75) is 65.7 Å². The normalized spacial score (nSPS) is 12.6. The number of methoxy groups -OCH3 is 1. The van der Waals surface area contributed by atoms with Crippen molar-refractivity contribution in [1.82, 2.24) is 0 Å². The Bertz CT molecular complexity index is 650. The van der Waals surface area contributed by atoms with Gasteiger partial charge in [-0.15, -0.1) is 5.10 Å². The summed E-state index contributed by atoms with van der Waals surface area (Å²) in [4.78, 5) is 9.88. The van der Waals surface area contributed by atoms with Gasteiger partial charge in [-0.2, -0.15) is 5.10 Å². The summed E-state index contributed by atoms with van der Waals surface area (Å²) >= 11 is 0. The molecule has 0 aliphatic heterocycles. The predicted molar refractivity (Wildman–Crippen MR) is 115 cm³/mol. The van der Waals surface area contributed by atoms with Gasteiger partial charge < -0.3 is 14.7 Å².